The number of fused-ring (bicyclic) bond motifs is 1. The Morgan fingerprint density at radius 3 is 2.74 bits per heavy atom. The van der Waals surface area contributed by atoms with Gasteiger partial charge in [0.25, 0.3) is 5.91 Å². The van der Waals surface area contributed by atoms with Crippen LogP contribution in [0.15, 0.2) is 29.3 Å². The number of hydrogen-bond acceptors (Lipinski definition) is 4. The topological polar surface area (TPSA) is 44.4 Å². The van der Waals surface area contributed by atoms with Gasteiger partial charge in [-0.2, -0.15) is 0 Å². The van der Waals surface area contributed by atoms with E-state index in [1.165, 1.54) is 0 Å². The lowest BCUT2D eigenvalue weighted by atomic mass is 10.1. The average molecular weight is 277 g/mol. The van der Waals surface area contributed by atoms with Gasteiger partial charge in [0.1, 0.15) is 0 Å². The molecule has 0 saturated carbocycles. The van der Waals surface area contributed by atoms with Gasteiger partial charge >= 0.3 is 0 Å². The fourth-order valence-corrected chi connectivity index (χ4v) is 2.49. The van der Waals surface area contributed by atoms with Crippen LogP contribution < -0.4 is 10.0 Å². The summed E-state index contributed by atoms with van der Waals surface area (Å²) in [4.78, 5) is 14.9. The molecule has 0 aromatic heterocycles. The van der Waals surface area contributed by atoms with Crippen LogP contribution in [0.25, 0.3) is 5.57 Å². The molecule has 5 heteroatoms. The van der Waals surface area contributed by atoms with E-state index in [0.717, 1.165) is 16.1 Å². The van der Waals surface area contributed by atoms with Crippen LogP contribution in [0.4, 0.5) is 5.69 Å². The first kappa shape index (κ1) is 14.0. The lowest BCUT2D eigenvalue weighted by molar-refractivity contribution is -0.110. The largest absolute Gasteiger partial charge is 0.383 e. The van der Waals surface area contributed by atoms with Crippen molar-refractivity contribution >= 4 is 29.1 Å². The summed E-state index contributed by atoms with van der Waals surface area (Å²) in [5.74, 6) is -0.0392. The fourth-order valence-electron chi connectivity index (χ4n) is 1.80. The minimum Gasteiger partial charge on any atom is -0.383 e. The highest BCUT2D eigenvalue weighted by atomic mass is 32.2. The minimum absolute atomic E-state index is 0.0392. The number of nitrogens with one attached hydrogen (secondary N) is 2. The van der Waals surface area contributed by atoms with Gasteiger partial charge in [-0.3, -0.25) is 9.52 Å². The molecular weight excluding hydrogens is 258 g/mol. The summed E-state index contributed by atoms with van der Waals surface area (Å²) in [6, 6.07) is 6.42. The van der Waals surface area contributed by atoms with Crippen LogP contribution in [0.3, 0.4) is 0 Å². The zero-order chi connectivity index (χ0) is 14.0. The molecule has 0 bridgehead atoms. The van der Waals surface area contributed by atoms with Gasteiger partial charge in [0, 0.05) is 42.5 Å². The second-order valence-electron chi connectivity index (χ2n) is 5.04. The first-order valence-corrected chi connectivity index (χ1v) is 7.05. The normalized spacial score (nSPS) is 15.8. The van der Waals surface area contributed by atoms with Crippen molar-refractivity contribution in [2.45, 2.75) is 24.8 Å². The second-order valence-corrected chi connectivity index (χ2v) is 5.95. The quantitative estimate of drug-likeness (QED) is 0.656. The van der Waals surface area contributed by atoms with E-state index in [1.54, 1.807) is 11.9 Å². The van der Waals surface area contributed by atoms with E-state index in [9.17, 15) is 4.79 Å². The van der Waals surface area contributed by atoms with Gasteiger partial charge in [0.15, 0.2) is 0 Å². The first-order valence-electron chi connectivity index (χ1n) is 6.24. The highest BCUT2D eigenvalue weighted by molar-refractivity contribution is 7.97. The maximum atomic E-state index is 11.9. The van der Waals surface area contributed by atoms with Crippen molar-refractivity contribution < 1.29 is 4.79 Å². The number of carbonyl (C=O) groups excluding carboxylic acids is 1. The van der Waals surface area contributed by atoms with Gasteiger partial charge in [0.05, 0.1) is 5.57 Å². The van der Waals surface area contributed by atoms with E-state index in [1.807, 2.05) is 43.4 Å². The molecule has 0 fully saturated rings. The summed E-state index contributed by atoms with van der Waals surface area (Å²) < 4.78 is 3.30. The molecule has 0 saturated heterocycles. The molecule has 1 amide bonds. The second kappa shape index (κ2) is 5.67. The Morgan fingerprint density at radius 2 is 2.11 bits per heavy atom. The molecule has 0 aliphatic carbocycles. The standard InChI is InChI=1S/C14H19N3OS/c1-9(2)16-19-10-5-6-13-11(7-10)12(8-17(3)4)14(18)15-13/h5-9,16H,1-4H3,(H,15,18)/b12-8-. The summed E-state index contributed by atoms with van der Waals surface area (Å²) in [5.41, 5.74) is 2.56. The molecule has 0 spiro atoms. The molecule has 0 unspecified atom stereocenters. The molecule has 2 rings (SSSR count). The zero-order valence-corrected chi connectivity index (χ0v) is 12.5. The van der Waals surface area contributed by atoms with Crippen molar-refractivity contribution in [3.8, 4) is 0 Å². The molecule has 102 valence electrons. The predicted molar refractivity (Wildman–Crippen MR) is 80.9 cm³/mol. The average Bonchev–Trinajstić information content (AvgIpc) is 2.63. The SMILES string of the molecule is CC(C)NSc1ccc2c(c1)/C(=C/N(C)C)C(=O)N2. The smallest absolute Gasteiger partial charge is 0.257 e. The van der Waals surface area contributed by atoms with Crippen molar-refractivity contribution in [2.24, 2.45) is 0 Å². The van der Waals surface area contributed by atoms with Crippen LogP contribution in [0.5, 0.6) is 0 Å². The van der Waals surface area contributed by atoms with Crippen LogP contribution in [0.1, 0.15) is 19.4 Å². The van der Waals surface area contributed by atoms with Gasteiger partial charge in [-0.1, -0.05) is 0 Å². The van der Waals surface area contributed by atoms with Gasteiger partial charge in [-0.25, -0.2) is 0 Å². The first-order chi connectivity index (χ1) is 8.97. The Bertz CT molecular complexity index is 523. The Hall–Kier alpha value is -1.46. The Labute approximate surface area is 118 Å². The van der Waals surface area contributed by atoms with Crippen LogP contribution in [0, 0.1) is 0 Å². The number of carbonyl (C=O) groups is 1. The lowest BCUT2D eigenvalue weighted by Gasteiger charge is -2.09. The van der Waals surface area contributed by atoms with E-state index in [-0.39, 0.29) is 5.91 Å². The van der Waals surface area contributed by atoms with Gasteiger partial charge in [-0.15, -0.1) is 0 Å². The Balaban J connectivity index is 2.29. The number of benzene rings is 1. The zero-order valence-electron chi connectivity index (χ0n) is 11.7. The molecule has 1 aromatic rings. The van der Waals surface area contributed by atoms with Crippen molar-refractivity contribution in [3.05, 3.63) is 30.0 Å². The number of nitrogens with zero attached hydrogens (tertiary/aromatic N) is 1. The third kappa shape index (κ3) is 3.30. The molecule has 2 N–H and O–H groups in total. The molecule has 1 aliphatic heterocycles. The molecule has 4 nitrogen and oxygen atoms in total. The molecule has 0 radical (unpaired) electrons. The third-order valence-corrected chi connectivity index (χ3v) is 3.65. The molecular formula is C14H19N3OS. The fraction of sp³-hybridized carbons (Fsp3) is 0.357. The lowest BCUT2D eigenvalue weighted by Crippen LogP contribution is -2.13. The van der Waals surface area contributed by atoms with Gasteiger partial charge in [-0.05, 0) is 44.0 Å². The van der Waals surface area contributed by atoms with Crippen LogP contribution >= 0.6 is 11.9 Å². The van der Waals surface area contributed by atoms with E-state index in [0.29, 0.717) is 11.6 Å². The summed E-state index contributed by atoms with van der Waals surface area (Å²) in [6.45, 7) is 4.20. The van der Waals surface area contributed by atoms with Crippen LogP contribution in [-0.2, 0) is 4.79 Å². The molecule has 0 atom stereocenters. The number of amides is 1. The molecule has 19 heavy (non-hydrogen) atoms. The van der Waals surface area contributed by atoms with Gasteiger partial charge < -0.3 is 10.2 Å². The third-order valence-electron chi connectivity index (χ3n) is 2.57. The van der Waals surface area contributed by atoms with E-state index in [2.05, 4.69) is 23.9 Å². The summed E-state index contributed by atoms with van der Waals surface area (Å²) in [6.07, 6.45) is 1.85. The monoisotopic (exact) mass is 277 g/mol. The summed E-state index contributed by atoms with van der Waals surface area (Å²) in [5, 5.41) is 2.88. The van der Waals surface area contributed by atoms with Gasteiger partial charge in [0.2, 0.25) is 0 Å². The van der Waals surface area contributed by atoms with Crippen molar-refractivity contribution in [3.63, 3.8) is 0 Å². The number of anilines is 1. The van der Waals surface area contributed by atoms with E-state index >= 15 is 0 Å². The maximum Gasteiger partial charge on any atom is 0.257 e. The molecule has 1 heterocycles. The summed E-state index contributed by atoms with van der Waals surface area (Å²) >= 11 is 1.59. The number of rotatable bonds is 4. The minimum atomic E-state index is -0.0392. The van der Waals surface area contributed by atoms with Crippen molar-refractivity contribution in [1.82, 2.24) is 9.62 Å². The summed E-state index contributed by atoms with van der Waals surface area (Å²) in [7, 11) is 3.83. The predicted octanol–water partition coefficient (Wildman–Crippen LogP) is 2.55. The molecule has 1 aliphatic rings. The van der Waals surface area contributed by atoms with Crippen LogP contribution in [-0.4, -0.2) is 30.9 Å². The van der Waals surface area contributed by atoms with Crippen molar-refractivity contribution in [1.29, 1.82) is 0 Å². The highest BCUT2D eigenvalue weighted by Gasteiger charge is 2.24. The maximum absolute atomic E-state index is 11.9. The Morgan fingerprint density at radius 1 is 1.37 bits per heavy atom. The van der Waals surface area contributed by atoms with E-state index in [4.69, 9.17) is 0 Å². The highest BCUT2D eigenvalue weighted by Crippen LogP contribution is 2.34. The van der Waals surface area contributed by atoms with E-state index < -0.39 is 0 Å². The Kier molecular flexibility index (Phi) is 4.17. The number of hydrogen-bond donors (Lipinski definition) is 2. The van der Waals surface area contributed by atoms with Crippen LogP contribution in [0.2, 0.25) is 0 Å². The molecule has 1 aromatic carbocycles. The van der Waals surface area contributed by atoms with Crippen molar-refractivity contribution in [2.75, 3.05) is 19.4 Å².